The zero-order valence-electron chi connectivity index (χ0n) is 11.7. The van der Waals surface area contributed by atoms with Gasteiger partial charge in [0.05, 0.1) is 20.1 Å². The van der Waals surface area contributed by atoms with Crippen molar-refractivity contribution < 1.29 is 19.4 Å². The van der Waals surface area contributed by atoms with Crippen LogP contribution < -0.4 is 9.47 Å². The number of benzene rings is 2. The number of hydrogen-bond donors (Lipinski definition) is 1. The Labute approximate surface area is 122 Å². The summed E-state index contributed by atoms with van der Waals surface area (Å²) in [6.07, 6.45) is -0.0175. The smallest absolute Gasteiger partial charge is 0.174 e. The van der Waals surface area contributed by atoms with E-state index in [1.807, 2.05) is 30.3 Å². The lowest BCUT2D eigenvalue weighted by atomic mass is 9.94. The first-order chi connectivity index (χ1) is 10.2. The van der Waals surface area contributed by atoms with Crippen LogP contribution in [-0.4, -0.2) is 18.0 Å². The molecule has 2 aromatic carbocycles. The second-order valence-corrected chi connectivity index (χ2v) is 4.97. The van der Waals surface area contributed by atoms with E-state index in [9.17, 15) is 9.90 Å². The summed E-state index contributed by atoms with van der Waals surface area (Å²) < 4.78 is 11.2. The molecular weight excluding hydrogens is 268 g/mol. The molecule has 0 amide bonds. The molecule has 0 aromatic heterocycles. The third-order valence-corrected chi connectivity index (χ3v) is 3.62. The minimum Gasteiger partial charge on any atom is -0.496 e. The second-order valence-electron chi connectivity index (χ2n) is 4.97. The Kier molecular flexibility index (Phi) is 3.62. The van der Waals surface area contributed by atoms with Crippen molar-refractivity contribution in [3.05, 3.63) is 59.2 Å². The molecule has 1 aliphatic heterocycles. The second kappa shape index (κ2) is 5.58. The van der Waals surface area contributed by atoms with Crippen LogP contribution >= 0.6 is 0 Å². The van der Waals surface area contributed by atoms with Crippen LogP contribution in [0.3, 0.4) is 0 Å². The SMILES string of the molecule is COc1cc(CO)cc2c1C(=O)CC(c1ccccc1)O2. The molecule has 4 nitrogen and oxygen atoms in total. The number of aliphatic hydroxyl groups excluding tert-OH is 1. The van der Waals surface area contributed by atoms with Crippen molar-refractivity contribution in [2.45, 2.75) is 19.1 Å². The van der Waals surface area contributed by atoms with Gasteiger partial charge in [-0.3, -0.25) is 4.79 Å². The molecule has 1 aliphatic rings. The highest BCUT2D eigenvalue weighted by Crippen LogP contribution is 2.40. The van der Waals surface area contributed by atoms with Crippen LogP contribution in [0, 0.1) is 0 Å². The minimum atomic E-state index is -0.301. The van der Waals surface area contributed by atoms with Crippen LogP contribution in [0.25, 0.3) is 0 Å². The third-order valence-electron chi connectivity index (χ3n) is 3.62. The molecule has 0 saturated heterocycles. The summed E-state index contributed by atoms with van der Waals surface area (Å²) in [6, 6.07) is 13.0. The standard InChI is InChI=1S/C17H16O4/c1-20-15-7-11(10-18)8-16-17(15)13(19)9-14(21-16)12-5-3-2-4-6-12/h2-8,14,18H,9-10H2,1H3. The van der Waals surface area contributed by atoms with Gasteiger partial charge in [0.2, 0.25) is 0 Å². The average Bonchev–Trinajstić information content (AvgIpc) is 2.54. The molecule has 1 N–H and O–H groups in total. The van der Waals surface area contributed by atoms with E-state index in [1.54, 1.807) is 12.1 Å². The van der Waals surface area contributed by atoms with Gasteiger partial charge in [0.1, 0.15) is 23.2 Å². The summed E-state index contributed by atoms with van der Waals surface area (Å²) in [4.78, 5) is 12.4. The summed E-state index contributed by atoms with van der Waals surface area (Å²) in [5.74, 6) is 0.919. The lowest BCUT2D eigenvalue weighted by molar-refractivity contribution is 0.0844. The van der Waals surface area contributed by atoms with Gasteiger partial charge in [0.15, 0.2) is 5.78 Å². The molecule has 1 atom stereocenters. The highest BCUT2D eigenvalue weighted by Gasteiger charge is 2.30. The predicted molar refractivity (Wildman–Crippen MR) is 77.7 cm³/mol. The maximum absolute atomic E-state index is 12.4. The van der Waals surface area contributed by atoms with Crippen molar-refractivity contribution in [1.29, 1.82) is 0 Å². The highest BCUT2D eigenvalue weighted by atomic mass is 16.5. The van der Waals surface area contributed by atoms with Gasteiger partial charge < -0.3 is 14.6 Å². The Bertz CT molecular complexity index is 664. The van der Waals surface area contributed by atoms with E-state index >= 15 is 0 Å². The maximum atomic E-state index is 12.4. The van der Waals surface area contributed by atoms with Crippen LogP contribution in [0.2, 0.25) is 0 Å². The molecule has 3 rings (SSSR count). The van der Waals surface area contributed by atoms with Gasteiger partial charge in [-0.25, -0.2) is 0 Å². The number of aliphatic hydroxyl groups is 1. The number of hydrogen-bond acceptors (Lipinski definition) is 4. The summed E-state index contributed by atoms with van der Waals surface area (Å²) in [7, 11) is 1.51. The first kappa shape index (κ1) is 13.6. The molecule has 0 fully saturated rings. The zero-order chi connectivity index (χ0) is 14.8. The first-order valence-corrected chi connectivity index (χ1v) is 6.79. The molecule has 108 valence electrons. The molecule has 0 bridgehead atoms. The van der Waals surface area contributed by atoms with Gasteiger partial charge >= 0.3 is 0 Å². The van der Waals surface area contributed by atoms with Crippen molar-refractivity contribution in [1.82, 2.24) is 0 Å². The van der Waals surface area contributed by atoms with Crippen molar-refractivity contribution in [3.63, 3.8) is 0 Å². The fourth-order valence-corrected chi connectivity index (χ4v) is 2.58. The van der Waals surface area contributed by atoms with E-state index in [2.05, 4.69) is 0 Å². The maximum Gasteiger partial charge on any atom is 0.174 e. The summed E-state index contributed by atoms with van der Waals surface area (Å²) in [5, 5.41) is 9.31. The molecule has 1 unspecified atom stereocenters. The van der Waals surface area contributed by atoms with Crippen molar-refractivity contribution in [3.8, 4) is 11.5 Å². The topological polar surface area (TPSA) is 55.8 Å². The van der Waals surface area contributed by atoms with E-state index in [-0.39, 0.29) is 24.9 Å². The summed E-state index contributed by atoms with van der Waals surface area (Å²) >= 11 is 0. The Morgan fingerprint density at radius 3 is 2.71 bits per heavy atom. The van der Waals surface area contributed by atoms with Gasteiger partial charge in [-0.2, -0.15) is 0 Å². The highest BCUT2D eigenvalue weighted by molar-refractivity contribution is 6.02. The molecule has 4 heteroatoms. The molecule has 0 spiro atoms. The van der Waals surface area contributed by atoms with Crippen LogP contribution in [0.5, 0.6) is 11.5 Å². The Morgan fingerprint density at radius 2 is 2.05 bits per heavy atom. The number of methoxy groups -OCH3 is 1. The van der Waals surface area contributed by atoms with E-state index in [0.29, 0.717) is 22.6 Å². The number of rotatable bonds is 3. The molecule has 21 heavy (non-hydrogen) atoms. The lowest BCUT2D eigenvalue weighted by Crippen LogP contribution is -2.21. The van der Waals surface area contributed by atoms with Gasteiger partial charge in [-0.05, 0) is 23.3 Å². The number of carbonyl (C=O) groups excluding carboxylic acids is 1. The molecule has 0 aliphatic carbocycles. The number of Topliss-reactive ketones (excluding diaryl/α,β-unsaturated/α-hetero) is 1. The molecule has 0 radical (unpaired) electrons. The molecular formula is C17H16O4. The van der Waals surface area contributed by atoms with E-state index < -0.39 is 0 Å². The average molecular weight is 284 g/mol. The Morgan fingerprint density at radius 1 is 1.29 bits per heavy atom. The van der Waals surface area contributed by atoms with Gasteiger partial charge in [0.25, 0.3) is 0 Å². The number of fused-ring (bicyclic) bond motifs is 1. The van der Waals surface area contributed by atoms with Gasteiger partial charge in [0, 0.05) is 0 Å². The van der Waals surface area contributed by atoms with E-state index in [0.717, 1.165) is 5.56 Å². The van der Waals surface area contributed by atoms with Crippen LogP contribution in [0.4, 0.5) is 0 Å². The van der Waals surface area contributed by atoms with Gasteiger partial charge in [-0.1, -0.05) is 30.3 Å². The molecule has 1 heterocycles. The van der Waals surface area contributed by atoms with E-state index in [1.165, 1.54) is 7.11 Å². The predicted octanol–water partition coefficient (Wildman–Crippen LogP) is 2.89. The van der Waals surface area contributed by atoms with Crippen LogP contribution in [0.15, 0.2) is 42.5 Å². The molecule has 0 saturated carbocycles. The lowest BCUT2D eigenvalue weighted by Gasteiger charge is -2.27. The van der Waals surface area contributed by atoms with Crippen LogP contribution in [0.1, 0.15) is 34.0 Å². The largest absolute Gasteiger partial charge is 0.496 e. The molecule has 2 aromatic rings. The number of ether oxygens (including phenoxy) is 2. The summed E-state index contributed by atoms with van der Waals surface area (Å²) in [6.45, 7) is -0.128. The monoisotopic (exact) mass is 284 g/mol. The minimum absolute atomic E-state index is 0.00792. The van der Waals surface area contributed by atoms with Crippen molar-refractivity contribution in [2.24, 2.45) is 0 Å². The fraction of sp³-hybridized carbons (Fsp3) is 0.235. The summed E-state index contributed by atoms with van der Waals surface area (Å²) in [5.41, 5.74) is 2.08. The Hall–Kier alpha value is -2.33. The normalized spacial score (nSPS) is 17.0. The van der Waals surface area contributed by atoms with Crippen molar-refractivity contribution >= 4 is 5.78 Å². The fourth-order valence-electron chi connectivity index (χ4n) is 2.58. The number of ketones is 1. The van der Waals surface area contributed by atoms with Crippen molar-refractivity contribution in [2.75, 3.05) is 7.11 Å². The number of carbonyl (C=O) groups is 1. The quantitative estimate of drug-likeness (QED) is 0.941. The zero-order valence-corrected chi connectivity index (χ0v) is 11.7. The Balaban J connectivity index is 2.03. The third kappa shape index (κ3) is 2.50. The first-order valence-electron chi connectivity index (χ1n) is 6.79. The van der Waals surface area contributed by atoms with Gasteiger partial charge in [-0.15, -0.1) is 0 Å². The van der Waals surface area contributed by atoms with Crippen LogP contribution in [-0.2, 0) is 6.61 Å². The van der Waals surface area contributed by atoms with E-state index in [4.69, 9.17) is 9.47 Å².